The molecule has 4 nitrogen and oxygen atoms in total. The van der Waals surface area contributed by atoms with Crippen molar-refractivity contribution < 1.29 is 14.6 Å². The molecule has 112 valence electrons. The van der Waals surface area contributed by atoms with Gasteiger partial charge in [-0.1, -0.05) is 28.6 Å². The number of benzene rings is 1. The summed E-state index contributed by atoms with van der Waals surface area (Å²) in [5.41, 5.74) is 0.739. The second-order valence-corrected chi connectivity index (χ2v) is 6.07. The summed E-state index contributed by atoms with van der Waals surface area (Å²) in [5.74, 6) is 0.297. The highest BCUT2D eigenvalue weighted by molar-refractivity contribution is 9.11. The Labute approximate surface area is 132 Å². The normalized spacial score (nSPS) is 22.4. The number of β-lactam (4-membered cyclic amide) rings is 1. The SMILES string of the molecule is C=C[C@H]1C(=O)N(c2ccc(OC)cc2)[C@H]1[C@H](O)CC(=C)Br. The molecule has 1 heterocycles. The predicted octanol–water partition coefficient (Wildman–Crippen LogP) is 2.87. The zero-order valence-corrected chi connectivity index (χ0v) is 13.4. The summed E-state index contributed by atoms with van der Waals surface area (Å²) in [5, 5.41) is 10.3. The molecule has 0 aliphatic carbocycles. The van der Waals surface area contributed by atoms with Gasteiger partial charge in [-0.05, 0) is 28.7 Å². The molecule has 0 bridgehead atoms. The van der Waals surface area contributed by atoms with Crippen LogP contribution in [-0.2, 0) is 4.79 Å². The molecule has 0 radical (unpaired) electrons. The standard InChI is InChI=1S/C16H18BrNO3/c1-4-13-15(14(19)9-10(2)17)18(16(13)20)11-5-7-12(21-3)8-6-11/h4-8,13-15,19H,1-2,9H2,3H3/t13-,14-,15-/m1/s1. The maximum atomic E-state index is 12.2. The number of hydrogen-bond acceptors (Lipinski definition) is 3. The van der Waals surface area contributed by atoms with Gasteiger partial charge in [0.2, 0.25) is 5.91 Å². The maximum Gasteiger partial charge on any atom is 0.236 e. The number of carbonyl (C=O) groups is 1. The molecular formula is C16H18BrNO3. The first-order chi connectivity index (χ1) is 9.99. The molecule has 21 heavy (non-hydrogen) atoms. The third-order valence-electron chi connectivity index (χ3n) is 3.62. The first-order valence-corrected chi connectivity index (χ1v) is 7.40. The molecule has 0 saturated carbocycles. The molecule has 2 rings (SSSR count). The van der Waals surface area contributed by atoms with E-state index in [1.54, 1.807) is 42.4 Å². The van der Waals surface area contributed by atoms with E-state index in [0.717, 1.165) is 11.4 Å². The Bertz CT molecular complexity index is 555. The van der Waals surface area contributed by atoms with E-state index in [-0.39, 0.29) is 17.9 Å². The van der Waals surface area contributed by atoms with Crippen molar-refractivity contribution in [2.24, 2.45) is 5.92 Å². The molecule has 1 N–H and O–H groups in total. The molecule has 1 saturated heterocycles. The quantitative estimate of drug-likeness (QED) is 0.633. The Balaban J connectivity index is 2.24. The number of amides is 1. The average molecular weight is 352 g/mol. The summed E-state index contributed by atoms with van der Waals surface area (Å²) >= 11 is 3.25. The number of hydrogen-bond donors (Lipinski definition) is 1. The van der Waals surface area contributed by atoms with Gasteiger partial charge < -0.3 is 14.7 Å². The van der Waals surface area contributed by atoms with Crippen LogP contribution < -0.4 is 9.64 Å². The lowest BCUT2D eigenvalue weighted by atomic mass is 9.82. The van der Waals surface area contributed by atoms with Gasteiger partial charge in [-0.25, -0.2) is 0 Å². The zero-order valence-electron chi connectivity index (χ0n) is 11.8. The van der Waals surface area contributed by atoms with Crippen molar-refractivity contribution in [3.8, 4) is 5.75 Å². The van der Waals surface area contributed by atoms with Crippen molar-refractivity contribution in [1.82, 2.24) is 0 Å². The van der Waals surface area contributed by atoms with Gasteiger partial charge in [-0.3, -0.25) is 4.79 Å². The van der Waals surface area contributed by atoms with E-state index in [0.29, 0.717) is 10.9 Å². The monoisotopic (exact) mass is 351 g/mol. The predicted molar refractivity (Wildman–Crippen MR) is 86.6 cm³/mol. The lowest BCUT2D eigenvalue weighted by molar-refractivity contribution is -0.130. The molecule has 1 aromatic carbocycles. The van der Waals surface area contributed by atoms with Crippen LogP contribution in [0.1, 0.15) is 6.42 Å². The van der Waals surface area contributed by atoms with Crippen LogP contribution in [0.25, 0.3) is 0 Å². The van der Waals surface area contributed by atoms with Crippen LogP contribution in [0.15, 0.2) is 48.0 Å². The molecule has 1 amide bonds. The van der Waals surface area contributed by atoms with Gasteiger partial charge in [-0.15, -0.1) is 6.58 Å². The smallest absolute Gasteiger partial charge is 0.236 e. The van der Waals surface area contributed by atoms with E-state index < -0.39 is 6.10 Å². The number of methoxy groups -OCH3 is 1. The summed E-state index contributed by atoms with van der Waals surface area (Å²) in [6.45, 7) is 7.42. The topological polar surface area (TPSA) is 49.8 Å². The van der Waals surface area contributed by atoms with Gasteiger partial charge in [0, 0.05) is 12.1 Å². The Morgan fingerprint density at radius 3 is 2.62 bits per heavy atom. The number of nitrogens with zero attached hydrogens (tertiary/aromatic N) is 1. The minimum atomic E-state index is -0.695. The Morgan fingerprint density at radius 2 is 2.14 bits per heavy atom. The van der Waals surface area contributed by atoms with E-state index in [1.807, 2.05) is 0 Å². The lowest BCUT2D eigenvalue weighted by Gasteiger charge is -2.48. The second-order valence-electron chi connectivity index (χ2n) is 4.95. The molecule has 3 atom stereocenters. The number of rotatable bonds is 6. The Kier molecular flexibility index (Phi) is 4.85. The summed E-state index contributed by atoms with van der Waals surface area (Å²) < 4.78 is 5.81. The molecule has 0 spiro atoms. The molecule has 5 heteroatoms. The summed E-state index contributed by atoms with van der Waals surface area (Å²) in [6, 6.07) is 6.86. The molecule has 1 aliphatic rings. The minimum Gasteiger partial charge on any atom is -0.497 e. The molecule has 1 aliphatic heterocycles. The van der Waals surface area contributed by atoms with Gasteiger partial charge in [0.05, 0.1) is 25.2 Å². The molecule has 0 aromatic heterocycles. The fourth-order valence-electron chi connectivity index (χ4n) is 2.57. The zero-order chi connectivity index (χ0) is 15.6. The number of carbonyl (C=O) groups excluding carboxylic acids is 1. The van der Waals surface area contributed by atoms with E-state index >= 15 is 0 Å². The van der Waals surface area contributed by atoms with Crippen LogP contribution in [-0.4, -0.2) is 30.3 Å². The van der Waals surface area contributed by atoms with Crippen LogP contribution in [0.2, 0.25) is 0 Å². The average Bonchev–Trinajstić information content (AvgIpc) is 2.45. The van der Waals surface area contributed by atoms with E-state index in [2.05, 4.69) is 29.1 Å². The molecule has 0 unspecified atom stereocenters. The largest absolute Gasteiger partial charge is 0.497 e. The fraction of sp³-hybridized carbons (Fsp3) is 0.312. The van der Waals surface area contributed by atoms with Crippen molar-refractivity contribution >= 4 is 27.5 Å². The Morgan fingerprint density at radius 1 is 1.52 bits per heavy atom. The van der Waals surface area contributed by atoms with Crippen molar-refractivity contribution in [3.63, 3.8) is 0 Å². The van der Waals surface area contributed by atoms with Crippen LogP contribution in [0.4, 0.5) is 5.69 Å². The van der Waals surface area contributed by atoms with Crippen LogP contribution in [0, 0.1) is 5.92 Å². The Hall–Kier alpha value is -1.59. The summed E-state index contributed by atoms with van der Waals surface area (Å²) in [6.07, 6.45) is 1.28. The highest BCUT2D eigenvalue weighted by Gasteiger charge is 2.49. The van der Waals surface area contributed by atoms with Crippen LogP contribution in [0.5, 0.6) is 5.75 Å². The van der Waals surface area contributed by atoms with Gasteiger partial charge in [0.25, 0.3) is 0 Å². The first-order valence-electron chi connectivity index (χ1n) is 6.60. The van der Waals surface area contributed by atoms with Gasteiger partial charge >= 0.3 is 0 Å². The lowest BCUT2D eigenvalue weighted by Crippen LogP contribution is -2.65. The third-order valence-corrected chi connectivity index (χ3v) is 3.94. The first kappa shape index (κ1) is 15.8. The molecule has 1 fully saturated rings. The molecule has 1 aromatic rings. The van der Waals surface area contributed by atoms with Crippen molar-refractivity contribution in [1.29, 1.82) is 0 Å². The highest BCUT2D eigenvalue weighted by atomic mass is 79.9. The fourth-order valence-corrected chi connectivity index (χ4v) is 2.91. The minimum absolute atomic E-state index is 0.0561. The molecular weight excluding hydrogens is 334 g/mol. The highest BCUT2D eigenvalue weighted by Crippen LogP contribution is 2.37. The number of halogens is 1. The number of aliphatic hydroxyl groups excluding tert-OH is 1. The van der Waals surface area contributed by atoms with Gasteiger partial charge in [0.15, 0.2) is 0 Å². The number of ether oxygens (including phenoxy) is 1. The van der Waals surface area contributed by atoms with Crippen molar-refractivity contribution in [2.75, 3.05) is 12.0 Å². The van der Waals surface area contributed by atoms with Gasteiger partial charge in [0.1, 0.15) is 5.75 Å². The second kappa shape index (κ2) is 6.45. The van der Waals surface area contributed by atoms with Gasteiger partial charge in [-0.2, -0.15) is 0 Å². The summed E-state index contributed by atoms with van der Waals surface area (Å²) in [4.78, 5) is 13.8. The van der Waals surface area contributed by atoms with Crippen LogP contribution >= 0.6 is 15.9 Å². The van der Waals surface area contributed by atoms with E-state index in [1.165, 1.54) is 0 Å². The maximum absolute atomic E-state index is 12.2. The number of anilines is 1. The van der Waals surface area contributed by atoms with Crippen LogP contribution in [0.3, 0.4) is 0 Å². The van der Waals surface area contributed by atoms with E-state index in [4.69, 9.17) is 4.74 Å². The van der Waals surface area contributed by atoms with Crippen molar-refractivity contribution in [2.45, 2.75) is 18.6 Å². The summed E-state index contributed by atoms with van der Waals surface area (Å²) in [7, 11) is 1.59. The van der Waals surface area contributed by atoms with Crippen molar-refractivity contribution in [3.05, 3.63) is 48.0 Å². The van der Waals surface area contributed by atoms with E-state index in [9.17, 15) is 9.90 Å². The third kappa shape index (κ3) is 3.04. The number of aliphatic hydroxyl groups is 1.